The molecule has 1 N–H and O–H groups in total. The Morgan fingerprint density at radius 1 is 1.08 bits per heavy atom. The van der Waals surface area contributed by atoms with Crippen LogP contribution in [0, 0.1) is 0 Å². The van der Waals surface area contributed by atoms with Gasteiger partial charge in [-0.3, -0.25) is 4.79 Å². The molecule has 1 amide bonds. The molecule has 0 spiro atoms. The van der Waals surface area contributed by atoms with Crippen molar-refractivity contribution in [2.24, 2.45) is 0 Å². The average Bonchev–Trinajstić information content (AvgIpc) is 2.62. The summed E-state index contributed by atoms with van der Waals surface area (Å²) in [6.45, 7) is 2.43. The third-order valence-electron chi connectivity index (χ3n) is 3.44. The largest absolute Gasteiger partial charge is 0.496 e. The van der Waals surface area contributed by atoms with Crippen molar-refractivity contribution in [3.8, 4) is 5.75 Å². The molecule has 0 radical (unpaired) electrons. The van der Waals surface area contributed by atoms with Gasteiger partial charge in [0.15, 0.2) is 0 Å². The lowest BCUT2D eigenvalue weighted by atomic mass is 10.1. The first-order valence-electron chi connectivity index (χ1n) is 7.87. The van der Waals surface area contributed by atoms with Crippen molar-refractivity contribution in [3.05, 3.63) is 59.7 Å². The van der Waals surface area contributed by atoms with Gasteiger partial charge in [0.05, 0.1) is 24.8 Å². The van der Waals surface area contributed by atoms with E-state index in [0.717, 1.165) is 12.8 Å². The van der Waals surface area contributed by atoms with Gasteiger partial charge >= 0.3 is 5.97 Å². The molecule has 0 bridgehead atoms. The number of hydrogen-bond acceptors (Lipinski definition) is 4. The van der Waals surface area contributed by atoms with Gasteiger partial charge < -0.3 is 14.8 Å². The van der Waals surface area contributed by atoms with Crippen molar-refractivity contribution in [2.45, 2.75) is 19.8 Å². The van der Waals surface area contributed by atoms with Gasteiger partial charge in [0.1, 0.15) is 5.75 Å². The Morgan fingerprint density at radius 3 is 2.62 bits per heavy atom. The first-order valence-corrected chi connectivity index (χ1v) is 7.87. The van der Waals surface area contributed by atoms with Crippen molar-refractivity contribution >= 4 is 17.6 Å². The van der Waals surface area contributed by atoms with E-state index in [9.17, 15) is 9.59 Å². The van der Waals surface area contributed by atoms with Gasteiger partial charge in [0, 0.05) is 5.69 Å². The Balaban J connectivity index is 2.09. The zero-order valence-corrected chi connectivity index (χ0v) is 13.9. The van der Waals surface area contributed by atoms with Gasteiger partial charge in [0.2, 0.25) is 0 Å². The van der Waals surface area contributed by atoms with Crippen LogP contribution in [0.5, 0.6) is 5.75 Å². The summed E-state index contributed by atoms with van der Waals surface area (Å²) in [5.41, 5.74) is 1.36. The molecular weight excluding hydrogens is 306 g/mol. The number of anilines is 1. The molecule has 5 heteroatoms. The van der Waals surface area contributed by atoms with Crippen LogP contribution in [0.15, 0.2) is 48.5 Å². The summed E-state index contributed by atoms with van der Waals surface area (Å²) in [6, 6.07) is 13.6. The minimum absolute atomic E-state index is 0.302. The molecule has 0 aliphatic carbocycles. The van der Waals surface area contributed by atoms with Crippen LogP contribution in [-0.2, 0) is 4.74 Å². The number of benzene rings is 2. The highest BCUT2D eigenvalue weighted by molar-refractivity contribution is 6.06. The number of unbranched alkanes of at least 4 members (excludes halogenated alkanes) is 1. The standard InChI is InChI=1S/C19H21NO4/c1-3-4-12-24-19(22)14-8-7-9-15(13-14)20-18(21)16-10-5-6-11-17(16)23-2/h5-11,13H,3-4,12H2,1-2H3,(H,20,21). The number of hydrogen-bond donors (Lipinski definition) is 1. The highest BCUT2D eigenvalue weighted by Gasteiger charge is 2.13. The van der Waals surface area contributed by atoms with E-state index in [-0.39, 0.29) is 5.91 Å². The molecule has 0 fully saturated rings. The zero-order valence-electron chi connectivity index (χ0n) is 13.9. The lowest BCUT2D eigenvalue weighted by molar-refractivity contribution is 0.0499. The number of ether oxygens (including phenoxy) is 2. The van der Waals surface area contributed by atoms with E-state index in [1.165, 1.54) is 7.11 Å². The van der Waals surface area contributed by atoms with Crippen LogP contribution in [0.4, 0.5) is 5.69 Å². The smallest absolute Gasteiger partial charge is 0.338 e. The quantitative estimate of drug-likeness (QED) is 0.619. The summed E-state index contributed by atoms with van der Waals surface area (Å²) < 4.78 is 10.4. The van der Waals surface area contributed by atoms with Crippen molar-refractivity contribution in [1.82, 2.24) is 0 Å². The summed E-state index contributed by atoms with van der Waals surface area (Å²) in [5.74, 6) is -0.203. The molecule has 126 valence electrons. The Hall–Kier alpha value is -2.82. The number of methoxy groups -OCH3 is 1. The SMILES string of the molecule is CCCCOC(=O)c1cccc(NC(=O)c2ccccc2OC)c1. The first-order chi connectivity index (χ1) is 11.7. The molecular formula is C19H21NO4. The second-order valence-electron chi connectivity index (χ2n) is 5.22. The normalized spacial score (nSPS) is 10.1. The fraction of sp³-hybridized carbons (Fsp3) is 0.263. The van der Waals surface area contributed by atoms with Crippen molar-refractivity contribution in [3.63, 3.8) is 0 Å². The highest BCUT2D eigenvalue weighted by Crippen LogP contribution is 2.20. The summed E-state index contributed by atoms with van der Waals surface area (Å²) in [6.07, 6.45) is 1.79. The topological polar surface area (TPSA) is 64.6 Å². The van der Waals surface area contributed by atoms with E-state index in [1.807, 2.05) is 6.92 Å². The molecule has 0 saturated carbocycles. The van der Waals surface area contributed by atoms with E-state index < -0.39 is 5.97 Å². The molecule has 0 aliphatic heterocycles. The van der Waals surface area contributed by atoms with Crippen LogP contribution in [-0.4, -0.2) is 25.6 Å². The fourth-order valence-corrected chi connectivity index (χ4v) is 2.15. The first kappa shape index (κ1) is 17.5. The Morgan fingerprint density at radius 2 is 1.88 bits per heavy atom. The van der Waals surface area contributed by atoms with Crippen LogP contribution >= 0.6 is 0 Å². The lowest BCUT2D eigenvalue weighted by Crippen LogP contribution is -2.14. The number of carbonyl (C=O) groups is 2. The van der Waals surface area contributed by atoms with Gasteiger partial charge in [-0.2, -0.15) is 0 Å². The molecule has 2 aromatic rings. The van der Waals surface area contributed by atoms with Crippen LogP contribution in [0.3, 0.4) is 0 Å². The van der Waals surface area contributed by atoms with Crippen LogP contribution in [0.25, 0.3) is 0 Å². The van der Waals surface area contributed by atoms with Gasteiger partial charge in [-0.15, -0.1) is 0 Å². The fourth-order valence-electron chi connectivity index (χ4n) is 2.15. The molecule has 0 saturated heterocycles. The second kappa shape index (κ2) is 8.72. The van der Waals surface area contributed by atoms with Gasteiger partial charge in [0.25, 0.3) is 5.91 Å². The van der Waals surface area contributed by atoms with Gasteiger partial charge in [-0.1, -0.05) is 31.5 Å². The third-order valence-corrected chi connectivity index (χ3v) is 3.44. The van der Waals surface area contributed by atoms with Crippen molar-refractivity contribution < 1.29 is 19.1 Å². The molecule has 0 atom stereocenters. The molecule has 5 nitrogen and oxygen atoms in total. The Bertz CT molecular complexity index is 712. The molecule has 0 aromatic heterocycles. The molecule has 2 aromatic carbocycles. The Kier molecular flexibility index (Phi) is 6.37. The van der Waals surface area contributed by atoms with Gasteiger partial charge in [-0.05, 0) is 36.8 Å². The maximum atomic E-state index is 12.4. The minimum Gasteiger partial charge on any atom is -0.496 e. The zero-order chi connectivity index (χ0) is 17.4. The maximum absolute atomic E-state index is 12.4. The van der Waals surface area contributed by atoms with E-state index in [0.29, 0.717) is 29.2 Å². The number of nitrogens with one attached hydrogen (secondary N) is 1. The monoisotopic (exact) mass is 327 g/mol. The molecule has 24 heavy (non-hydrogen) atoms. The average molecular weight is 327 g/mol. The predicted molar refractivity (Wildman–Crippen MR) is 92.6 cm³/mol. The molecule has 0 unspecified atom stereocenters. The lowest BCUT2D eigenvalue weighted by Gasteiger charge is -2.10. The maximum Gasteiger partial charge on any atom is 0.338 e. The van der Waals surface area contributed by atoms with E-state index in [4.69, 9.17) is 9.47 Å². The molecule has 0 aliphatic rings. The minimum atomic E-state index is -0.392. The summed E-state index contributed by atoms with van der Waals surface area (Å²) >= 11 is 0. The van der Waals surface area contributed by atoms with E-state index in [1.54, 1.807) is 48.5 Å². The summed E-state index contributed by atoms with van der Waals surface area (Å²) in [5, 5.41) is 2.77. The second-order valence-corrected chi connectivity index (χ2v) is 5.22. The van der Waals surface area contributed by atoms with Crippen molar-refractivity contribution in [1.29, 1.82) is 0 Å². The van der Waals surface area contributed by atoms with Crippen LogP contribution in [0.1, 0.15) is 40.5 Å². The number of amides is 1. The number of carbonyl (C=O) groups excluding carboxylic acids is 2. The van der Waals surface area contributed by atoms with Crippen molar-refractivity contribution in [2.75, 3.05) is 19.0 Å². The third kappa shape index (κ3) is 4.59. The van der Waals surface area contributed by atoms with Crippen LogP contribution in [0.2, 0.25) is 0 Å². The number of esters is 1. The predicted octanol–water partition coefficient (Wildman–Crippen LogP) is 3.90. The number of para-hydroxylation sites is 1. The highest BCUT2D eigenvalue weighted by atomic mass is 16.5. The summed E-state index contributed by atoms with van der Waals surface area (Å²) in [7, 11) is 1.51. The van der Waals surface area contributed by atoms with E-state index in [2.05, 4.69) is 5.32 Å². The Labute approximate surface area is 141 Å². The summed E-state index contributed by atoms with van der Waals surface area (Å²) in [4.78, 5) is 24.4. The number of rotatable bonds is 7. The van der Waals surface area contributed by atoms with Gasteiger partial charge in [-0.25, -0.2) is 4.79 Å². The van der Waals surface area contributed by atoms with Crippen LogP contribution < -0.4 is 10.1 Å². The van der Waals surface area contributed by atoms with E-state index >= 15 is 0 Å². The molecule has 0 heterocycles. The molecule has 2 rings (SSSR count).